The molecule has 0 spiro atoms. The molecule has 110 valence electrons. The Morgan fingerprint density at radius 3 is 2.80 bits per heavy atom. The van der Waals surface area contributed by atoms with E-state index in [-0.39, 0.29) is 18.3 Å². The van der Waals surface area contributed by atoms with Crippen molar-refractivity contribution in [3.63, 3.8) is 0 Å². The number of carboxylic acids is 1. The number of hydrogen-bond acceptors (Lipinski definition) is 4. The van der Waals surface area contributed by atoms with Crippen LogP contribution in [0.2, 0.25) is 0 Å². The van der Waals surface area contributed by atoms with Gasteiger partial charge in [-0.1, -0.05) is 6.92 Å². The maximum Gasteiger partial charge on any atom is 0.326 e. The minimum absolute atomic E-state index is 0.0488. The molecule has 1 aromatic heterocycles. The third-order valence-corrected chi connectivity index (χ3v) is 2.65. The van der Waals surface area contributed by atoms with Crippen LogP contribution in [0, 0.1) is 0 Å². The predicted molar refractivity (Wildman–Crippen MR) is 71.8 cm³/mol. The normalized spacial score (nSPS) is 11.7. The first-order chi connectivity index (χ1) is 9.47. The Labute approximate surface area is 116 Å². The molecule has 0 aliphatic rings. The fourth-order valence-electron chi connectivity index (χ4n) is 1.48. The van der Waals surface area contributed by atoms with Crippen LogP contribution in [0.3, 0.4) is 0 Å². The second kappa shape index (κ2) is 7.32. The molecule has 0 saturated heterocycles. The van der Waals surface area contributed by atoms with E-state index in [9.17, 15) is 14.4 Å². The van der Waals surface area contributed by atoms with Gasteiger partial charge in [-0.3, -0.25) is 14.2 Å². The predicted octanol–water partition coefficient (Wildman–Crippen LogP) is 0.399. The zero-order chi connectivity index (χ0) is 15.1. The number of nitrogens with one attached hydrogen (secondary N) is 1. The minimum atomic E-state index is -1.12. The Morgan fingerprint density at radius 1 is 1.50 bits per heavy atom. The highest BCUT2D eigenvalue weighted by Gasteiger charge is 2.16. The third kappa shape index (κ3) is 4.11. The second-order valence-electron chi connectivity index (χ2n) is 4.24. The Kier molecular flexibility index (Phi) is 5.76. The first-order valence-corrected chi connectivity index (χ1v) is 6.30. The number of aromatic nitrogens is 1. The molecular weight excluding hydrogens is 264 g/mol. The van der Waals surface area contributed by atoms with Gasteiger partial charge in [0.2, 0.25) is 0 Å². The standard InChI is InChI=1S/C13H18N2O5/c1-3-6-14-11(16)8-20-10-5-4-7-15(12(10)17)9(2)13(18)19/h4-5,7,9H,3,6,8H2,1-2H3,(H,14,16)(H,18,19). The number of nitrogens with zero attached hydrogens (tertiary/aromatic N) is 1. The Hall–Kier alpha value is -2.31. The summed E-state index contributed by atoms with van der Waals surface area (Å²) in [4.78, 5) is 34.2. The van der Waals surface area contributed by atoms with Crippen molar-refractivity contribution >= 4 is 11.9 Å². The van der Waals surface area contributed by atoms with Gasteiger partial charge in [-0.05, 0) is 25.5 Å². The first kappa shape index (κ1) is 15.7. The molecule has 1 rings (SSSR count). The third-order valence-electron chi connectivity index (χ3n) is 2.65. The lowest BCUT2D eigenvalue weighted by Gasteiger charge is -2.12. The van der Waals surface area contributed by atoms with Crippen LogP contribution in [-0.2, 0) is 9.59 Å². The van der Waals surface area contributed by atoms with Crippen molar-refractivity contribution in [2.24, 2.45) is 0 Å². The molecule has 0 bridgehead atoms. The van der Waals surface area contributed by atoms with E-state index in [2.05, 4.69) is 5.32 Å². The molecule has 1 amide bonds. The molecule has 0 radical (unpaired) electrons. The number of pyridine rings is 1. The van der Waals surface area contributed by atoms with E-state index in [1.807, 2.05) is 6.92 Å². The molecule has 0 fully saturated rings. The van der Waals surface area contributed by atoms with Crippen LogP contribution < -0.4 is 15.6 Å². The molecule has 0 saturated carbocycles. The minimum Gasteiger partial charge on any atom is -0.480 e. The summed E-state index contributed by atoms with van der Waals surface area (Å²) in [5.74, 6) is -1.50. The summed E-state index contributed by atoms with van der Waals surface area (Å²) in [7, 11) is 0. The largest absolute Gasteiger partial charge is 0.480 e. The molecule has 1 heterocycles. The van der Waals surface area contributed by atoms with Gasteiger partial charge in [-0.2, -0.15) is 0 Å². The lowest BCUT2D eigenvalue weighted by atomic mass is 10.3. The molecule has 0 aliphatic carbocycles. The zero-order valence-electron chi connectivity index (χ0n) is 11.5. The van der Waals surface area contributed by atoms with Crippen molar-refractivity contribution in [3.8, 4) is 5.75 Å². The molecule has 1 unspecified atom stereocenters. The van der Waals surface area contributed by atoms with Crippen molar-refractivity contribution < 1.29 is 19.4 Å². The molecule has 1 atom stereocenters. The van der Waals surface area contributed by atoms with Gasteiger partial charge >= 0.3 is 5.97 Å². The number of aliphatic carboxylic acids is 1. The van der Waals surface area contributed by atoms with Crippen LogP contribution in [0.4, 0.5) is 0 Å². The monoisotopic (exact) mass is 282 g/mol. The highest BCUT2D eigenvalue weighted by atomic mass is 16.5. The van der Waals surface area contributed by atoms with E-state index in [0.717, 1.165) is 11.0 Å². The zero-order valence-corrected chi connectivity index (χ0v) is 11.5. The molecule has 0 aliphatic heterocycles. The van der Waals surface area contributed by atoms with Gasteiger partial charge in [0.1, 0.15) is 6.04 Å². The molecule has 1 aromatic rings. The summed E-state index contributed by atoms with van der Waals surface area (Å²) in [6.07, 6.45) is 2.17. The Bertz CT molecular complexity index is 538. The average Bonchev–Trinajstić information content (AvgIpc) is 2.43. The van der Waals surface area contributed by atoms with Crippen LogP contribution >= 0.6 is 0 Å². The van der Waals surface area contributed by atoms with Crippen molar-refractivity contribution in [2.75, 3.05) is 13.2 Å². The highest BCUT2D eigenvalue weighted by molar-refractivity contribution is 5.77. The van der Waals surface area contributed by atoms with E-state index >= 15 is 0 Å². The number of carbonyl (C=O) groups excluding carboxylic acids is 1. The average molecular weight is 282 g/mol. The van der Waals surface area contributed by atoms with Crippen LogP contribution in [0.25, 0.3) is 0 Å². The number of ether oxygens (including phenoxy) is 1. The van der Waals surface area contributed by atoms with E-state index in [0.29, 0.717) is 6.54 Å². The fraction of sp³-hybridized carbons (Fsp3) is 0.462. The number of hydrogen-bond donors (Lipinski definition) is 2. The lowest BCUT2D eigenvalue weighted by Crippen LogP contribution is -2.32. The SMILES string of the molecule is CCCNC(=O)COc1cccn(C(C)C(=O)O)c1=O. The van der Waals surface area contributed by atoms with Gasteiger partial charge in [0, 0.05) is 12.7 Å². The van der Waals surface area contributed by atoms with Crippen molar-refractivity contribution in [1.82, 2.24) is 9.88 Å². The summed E-state index contributed by atoms with van der Waals surface area (Å²) in [6, 6.07) is 1.90. The van der Waals surface area contributed by atoms with E-state index < -0.39 is 17.6 Å². The van der Waals surface area contributed by atoms with E-state index in [1.165, 1.54) is 25.3 Å². The highest BCUT2D eigenvalue weighted by Crippen LogP contribution is 2.07. The molecular formula is C13H18N2O5. The number of amides is 1. The Balaban J connectivity index is 2.77. The summed E-state index contributed by atoms with van der Waals surface area (Å²) in [6.45, 7) is 3.57. The first-order valence-electron chi connectivity index (χ1n) is 6.30. The smallest absolute Gasteiger partial charge is 0.326 e. The number of carboxylic acid groups (broad SMARTS) is 1. The van der Waals surface area contributed by atoms with Crippen molar-refractivity contribution in [1.29, 1.82) is 0 Å². The fourth-order valence-corrected chi connectivity index (χ4v) is 1.48. The maximum absolute atomic E-state index is 12.0. The molecule has 7 nitrogen and oxygen atoms in total. The molecule has 20 heavy (non-hydrogen) atoms. The maximum atomic E-state index is 12.0. The lowest BCUT2D eigenvalue weighted by molar-refractivity contribution is -0.140. The van der Waals surface area contributed by atoms with Crippen molar-refractivity contribution in [3.05, 3.63) is 28.7 Å². The van der Waals surface area contributed by atoms with Gasteiger partial charge in [0.15, 0.2) is 12.4 Å². The molecule has 7 heteroatoms. The van der Waals surface area contributed by atoms with Crippen LogP contribution in [0.1, 0.15) is 26.3 Å². The van der Waals surface area contributed by atoms with Crippen molar-refractivity contribution in [2.45, 2.75) is 26.3 Å². The van der Waals surface area contributed by atoms with Crippen LogP contribution in [0.5, 0.6) is 5.75 Å². The molecule has 2 N–H and O–H groups in total. The van der Waals surface area contributed by atoms with Gasteiger partial charge in [0.05, 0.1) is 0 Å². The van der Waals surface area contributed by atoms with Gasteiger partial charge < -0.3 is 15.2 Å². The van der Waals surface area contributed by atoms with Crippen LogP contribution in [0.15, 0.2) is 23.1 Å². The van der Waals surface area contributed by atoms with Crippen LogP contribution in [-0.4, -0.2) is 34.7 Å². The van der Waals surface area contributed by atoms with Gasteiger partial charge in [-0.25, -0.2) is 4.79 Å². The number of carbonyl (C=O) groups is 2. The van der Waals surface area contributed by atoms with Gasteiger partial charge in [0.25, 0.3) is 11.5 Å². The topological polar surface area (TPSA) is 97.6 Å². The summed E-state index contributed by atoms with van der Waals surface area (Å²) in [5.41, 5.74) is -0.578. The second-order valence-corrected chi connectivity index (χ2v) is 4.24. The summed E-state index contributed by atoms with van der Waals surface area (Å²) >= 11 is 0. The number of rotatable bonds is 7. The summed E-state index contributed by atoms with van der Waals surface area (Å²) in [5, 5.41) is 11.5. The van der Waals surface area contributed by atoms with Gasteiger partial charge in [-0.15, -0.1) is 0 Å². The van der Waals surface area contributed by atoms with E-state index in [1.54, 1.807) is 0 Å². The quantitative estimate of drug-likeness (QED) is 0.754. The Morgan fingerprint density at radius 2 is 2.20 bits per heavy atom. The molecule has 0 aromatic carbocycles. The van der Waals surface area contributed by atoms with E-state index in [4.69, 9.17) is 9.84 Å². The summed E-state index contributed by atoms with van der Waals surface area (Å²) < 4.78 is 6.17.